The largest absolute Gasteiger partial charge is 0.478 e. The van der Waals surface area contributed by atoms with Crippen LogP contribution in [0.15, 0.2) is 54.7 Å². The van der Waals surface area contributed by atoms with E-state index in [2.05, 4.69) is 15.2 Å². The maximum absolute atomic E-state index is 13.7. The SMILES string of the molecule is O=C(O)c1ccc(C2(Nc3nccc4c3N(Cc3cc(F)cc(F)c3)CCC4)CC2)cc1. The first-order valence-corrected chi connectivity index (χ1v) is 10.7. The normalized spacial score (nSPS) is 16.4. The van der Waals surface area contributed by atoms with Crippen LogP contribution in [-0.4, -0.2) is 22.6 Å². The Labute approximate surface area is 184 Å². The molecular formula is C25H23F2N3O2. The molecule has 5 nitrogen and oxygen atoms in total. The van der Waals surface area contributed by atoms with Gasteiger partial charge in [0.15, 0.2) is 5.82 Å². The van der Waals surface area contributed by atoms with Crippen molar-refractivity contribution in [2.45, 2.75) is 37.8 Å². The van der Waals surface area contributed by atoms with Gasteiger partial charge in [0.05, 0.1) is 16.8 Å². The Morgan fingerprint density at radius 3 is 2.47 bits per heavy atom. The number of rotatable bonds is 6. The van der Waals surface area contributed by atoms with Crippen LogP contribution in [0.25, 0.3) is 0 Å². The Morgan fingerprint density at radius 2 is 1.81 bits per heavy atom. The van der Waals surface area contributed by atoms with Crippen LogP contribution in [-0.2, 0) is 18.5 Å². The number of carboxylic acids is 1. The molecule has 1 fully saturated rings. The number of anilines is 2. The molecular weight excluding hydrogens is 412 g/mol. The van der Waals surface area contributed by atoms with Gasteiger partial charge >= 0.3 is 5.97 Å². The molecule has 1 aromatic heterocycles. The number of hydrogen-bond donors (Lipinski definition) is 2. The van der Waals surface area contributed by atoms with Crippen LogP contribution in [0.5, 0.6) is 0 Å². The molecule has 1 aliphatic heterocycles. The van der Waals surface area contributed by atoms with Crippen LogP contribution in [0.1, 0.15) is 46.3 Å². The van der Waals surface area contributed by atoms with E-state index in [9.17, 15) is 13.6 Å². The Hall–Kier alpha value is -3.48. The van der Waals surface area contributed by atoms with Gasteiger partial charge in [-0.05, 0) is 72.7 Å². The number of halogens is 2. The summed E-state index contributed by atoms with van der Waals surface area (Å²) in [5.41, 5.74) is 3.70. The molecule has 0 amide bonds. The molecule has 0 radical (unpaired) electrons. The number of fused-ring (bicyclic) bond motifs is 1. The van der Waals surface area contributed by atoms with E-state index in [0.29, 0.717) is 12.1 Å². The second kappa shape index (κ2) is 7.89. The van der Waals surface area contributed by atoms with Crippen LogP contribution in [0.2, 0.25) is 0 Å². The fourth-order valence-electron chi connectivity index (χ4n) is 4.56. The molecule has 2 N–H and O–H groups in total. The van der Waals surface area contributed by atoms with E-state index in [1.807, 2.05) is 18.2 Å². The summed E-state index contributed by atoms with van der Waals surface area (Å²) in [6.45, 7) is 1.16. The molecule has 2 aliphatic rings. The quantitative estimate of drug-likeness (QED) is 0.563. The fraction of sp³-hybridized carbons (Fsp3) is 0.280. The summed E-state index contributed by atoms with van der Waals surface area (Å²) in [6, 6.07) is 12.6. The lowest BCUT2D eigenvalue weighted by atomic mass is 10.00. The number of nitrogens with one attached hydrogen (secondary N) is 1. The monoisotopic (exact) mass is 435 g/mol. The zero-order valence-corrected chi connectivity index (χ0v) is 17.4. The van der Waals surface area contributed by atoms with Crippen LogP contribution in [0, 0.1) is 11.6 Å². The van der Waals surface area contributed by atoms with Gasteiger partial charge in [0.1, 0.15) is 11.6 Å². The number of aromatic nitrogens is 1. The molecule has 5 rings (SSSR count). The number of aromatic carboxylic acids is 1. The zero-order chi connectivity index (χ0) is 22.3. The van der Waals surface area contributed by atoms with E-state index in [1.54, 1.807) is 18.3 Å². The molecule has 0 spiro atoms. The number of nitrogens with zero attached hydrogens (tertiary/aromatic N) is 2. The highest BCUT2D eigenvalue weighted by atomic mass is 19.1. The van der Waals surface area contributed by atoms with Gasteiger partial charge in [-0.3, -0.25) is 0 Å². The molecule has 3 aromatic rings. The van der Waals surface area contributed by atoms with Crippen molar-refractivity contribution in [3.63, 3.8) is 0 Å². The molecule has 164 valence electrons. The van der Waals surface area contributed by atoms with E-state index in [-0.39, 0.29) is 11.1 Å². The number of hydrogen-bond acceptors (Lipinski definition) is 4. The molecule has 2 heterocycles. The maximum Gasteiger partial charge on any atom is 0.335 e. The molecule has 0 saturated heterocycles. The Kier molecular flexibility index (Phi) is 5.04. The van der Waals surface area contributed by atoms with Crippen molar-refractivity contribution < 1.29 is 18.7 Å². The fourth-order valence-corrected chi connectivity index (χ4v) is 4.56. The standard InChI is InChI=1S/C25H23F2N3O2/c26-20-12-16(13-21(27)14-20)15-30-11-1-2-17-7-10-28-23(22(17)30)29-25(8-9-25)19-5-3-18(4-6-19)24(31)32/h3-7,10,12-14H,1-2,8-9,11,15H2,(H,28,29)(H,31,32). The van der Waals surface area contributed by atoms with Crippen molar-refractivity contribution in [3.8, 4) is 0 Å². The summed E-state index contributed by atoms with van der Waals surface area (Å²) in [6.07, 6.45) is 5.49. The zero-order valence-electron chi connectivity index (χ0n) is 17.4. The minimum Gasteiger partial charge on any atom is -0.478 e. The van der Waals surface area contributed by atoms with Gasteiger partial charge in [0.2, 0.25) is 0 Å². The summed E-state index contributed by atoms with van der Waals surface area (Å²) < 4.78 is 27.5. The summed E-state index contributed by atoms with van der Waals surface area (Å²) >= 11 is 0. The van der Waals surface area contributed by atoms with Crippen molar-refractivity contribution >= 4 is 17.5 Å². The minimum absolute atomic E-state index is 0.258. The highest BCUT2D eigenvalue weighted by molar-refractivity contribution is 5.87. The van der Waals surface area contributed by atoms with Gasteiger partial charge in [0, 0.05) is 25.4 Å². The first-order valence-electron chi connectivity index (χ1n) is 10.7. The molecule has 0 unspecified atom stereocenters. The summed E-state index contributed by atoms with van der Waals surface area (Å²) in [4.78, 5) is 17.9. The molecule has 0 atom stereocenters. The number of benzene rings is 2. The molecule has 1 saturated carbocycles. The summed E-state index contributed by atoms with van der Waals surface area (Å²) in [5, 5.41) is 12.8. The first-order chi connectivity index (χ1) is 15.4. The predicted molar refractivity (Wildman–Crippen MR) is 118 cm³/mol. The lowest BCUT2D eigenvalue weighted by Gasteiger charge is -2.34. The van der Waals surface area contributed by atoms with Crippen molar-refractivity contribution in [3.05, 3.63) is 88.6 Å². The second-order valence-electron chi connectivity index (χ2n) is 8.56. The third-order valence-electron chi connectivity index (χ3n) is 6.29. The van der Waals surface area contributed by atoms with Crippen LogP contribution < -0.4 is 10.2 Å². The van der Waals surface area contributed by atoms with Crippen LogP contribution in [0.3, 0.4) is 0 Å². The summed E-state index contributed by atoms with van der Waals surface area (Å²) in [5.74, 6) is -1.36. The van der Waals surface area contributed by atoms with E-state index in [0.717, 1.165) is 60.9 Å². The van der Waals surface area contributed by atoms with Crippen molar-refractivity contribution in [2.75, 3.05) is 16.8 Å². The van der Waals surface area contributed by atoms with Gasteiger partial charge in [-0.1, -0.05) is 12.1 Å². The van der Waals surface area contributed by atoms with Crippen molar-refractivity contribution in [1.29, 1.82) is 0 Å². The van der Waals surface area contributed by atoms with Crippen molar-refractivity contribution in [2.24, 2.45) is 0 Å². The van der Waals surface area contributed by atoms with Crippen LogP contribution >= 0.6 is 0 Å². The number of carboxylic acid groups (broad SMARTS) is 1. The lowest BCUT2D eigenvalue weighted by Crippen LogP contribution is -2.31. The molecule has 1 aliphatic carbocycles. The summed E-state index contributed by atoms with van der Waals surface area (Å²) in [7, 11) is 0. The smallest absolute Gasteiger partial charge is 0.335 e. The van der Waals surface area contributed by atoms with Gasteiger partial charge in [0.25, 0.3) is 0 Å². The topological polar surface area (TPSA) is 65.5 Å². The third-order valence-corrected chi connectivity index (χ3v) is 6.29. The van der Waals surface area contributed by atoms with E-state index in [4.69, 9.17) is 5.11 Å². The Balaban J connectivity index is 1.45. The highest BCUT2D eigenvalue weighted by Crippen LogP contribution is 2.50. The van der Waals surface area contributed by atoms with E-state index >= 15 is 0 Å². The minimum atomic E-state index is -0.947. The van der Waals surface area contributed by atoms with E-state index < -0.39 is 17.6 Å². The average molecular weight is 435 g/mol. The predicted octanol–water partition coefficient (Wildman–Crippen LogP) is 5.11. The second-order valence-corrected chi connectivity index (χ2v) is 8.56. The Morgan fingerprint density at radius 1 is 1.09 bits per heavy atom. The average Bonchev–Trinajstić information content (AvgIpc) is 3.54. The van der Waals surface area contributed by atoms with E-state index in [1.165, 1.54) is 12.1 Å². The molecule has 0 bridgehead atoms. The third kappa shape index (κ3) is 3.90. The first kappa shape index (κ1) is 20.4. The van der Waals surface area contributed by atoms with Gasteiger partial charge in [-0.15, -0.1) is 0 Å². The molecule has 7 heteroatoms. The Bertz CT molecular complexity index is 1160. The number of aryl methyl sites for hydroxylation is 1. The number of carbonyl (C=O) groups is 1. The van der Waals surface area contributed by atoms with Crippen LogP contribution in [0.4, 0.5) is 20.3 Å². The van der Waals surface area contributed by atoms with Crippen molar-refractivity contribution in [1.82, 2.24) is 4.98 Å². The van der Waals surface area contributed by atoms with Gasteiger partial charge in [-0.2, -0.15) is 0 Å². The van der Waals surface area contributed by atoms with Gasteiger partial charge < -0.3 is 15.3 Å². The molecule has 32 heavy (non-hydrogen) atoms. The highest BCUT2D eigenvalue weighted by Gasteiger charge is 2.45. The molecule has 2 aromatic carbocycles. The maximum atomic E-state index is 13.7. The van der Waals surface area contributed by atoms with Gasteiger partial charge in [-0.25, -0.2) is 18.6 Å². The number of pyridine rings is 1. The lowest BCUT2D eigenvalue weighted by molar-refractivity contribution is 0.0697.